The van der Waals surface area contributed by atoms with E-state index in [-0.39, 0.29) is 5.56 Å². The molecule has 4 rings (SSSR count). The van der Waals surface area contributed by atoms with Crippen LogP contribution in [0.2, 0.25) is 0 Å². The molecule has 0 saturated carbocycles. The summed E-state index contributed by atoms with van der Waals surface area (Å²) in [5.41, 5.74) is 2.30. The SMILES string of the molecule is O=c1c2c(nc3cc(-c4ccco4)[nH]n13)CCS2. The number of aromatic nitrogens is 3. The molecule has 0 fully saturated rings. The Morgan fingerprint density at radius 3 is 3.28 bits per heavy atom. The van der Waals surface area contributed by atoms with Gasteiger partial charge in [-0.3, -0.25) is 9.89 Å². The van der Waals surface area contributed by atoms with E-state index in [9.17, 15) is 4.79 Å². The molecular weight excluding hydrogens is 250 g/mol. The molecule has 18 heavy (non-hydrogen) atoms. The fraction of sp³-hybridized carbons (Fsp3) is 0.167. The first-order valence-corrected chi connectivity index (χ1v) is 6.63. The van der Waals surface area contributed by atoms with Gasteiger partial charge in [0.05, 0.1) is 16.9 Å². The van der Waals surface area contributed by atoms with Gasteiger partial charge in [-0.2, -0.15) is 0 Å². The molecule has 0 bridgehead atoms. The molecule has 0 atom stereocenters. The molecule has 0 unspecified atom stereocenters. The van der Waals surface area contributed by atoms with E-state index < -0.39 is 0 Å². The maximum atomic E-state index is 12.2. The van der Waals surface area contributed by atoms with E-state index in [1.54, 1.807) is 18.0 Å². The highest BCUT2D eigenvalue weighted by Gasteiger charge is 2.20. The van der Waals surface area contributed by atoms with Crippen molar-refractivity contribution in [3.05, 3.63) is 40.5 Å². The molecule has 90 valence electrons. The van der Waals surface area contributed by atoms with E-state index in [1.165, 1.54) is 4.52 Å². The van der Waals surface area contributed by atoms with Gasteiger partial charge in [0, 0.05) is 18.2 Å². The number of hydrogen-bond donors (Lipinski definition) is 1. The van der Waals surface area contributed by atoms with Crippen molar-refractivity contribution < 1.29 is 4.42 Å². The zero-order chi connectivity index (χ0) is 12.1. The van der Waals surface area contributed by atoms with Crippen LogP contribution in [-0.4, -0.2) is 20.4 Å². The van der Waals surface area contributed by atoms with Crippen LogP contribution in [0.5, 0.6) is 0 Å². The lowest BCUT2D eigenvalue weighted by Gasteiger charge is -1.97. The van der Waals surface area contributed by atoms with Gasteiger partial charge in [0.25, 0.3) is 5.56 Å². The number of H-pyrrole nitrogens is 1. The molecule has 3 aromatic heterocycles. The van der Waals surface area contributed by atoms with Gasteiger partial charge in [0.1, 0.15) is 5.69 Å². The van der Waals surface area contributed by atoms with E-state index in [0.717, 1.165) is 28.5 Å². The Morgan fingerprint density at radius 2 is 2.44 bits per heavy atom. The molecule has 0 aliphatic carbocycles. The summed E-state index contributed by atoms with van der Waals surface area (Å²) in [6.45, 7) is 0. The lowest BCUT2D eigenvalue weighted by Crippen LogP contribution is -2.17. The molecule has 1 aliphatic heterocycles. The molecule has 0 radical (unpaired) electrons. The molecule has 5 nitrogen and oxygen atoms in total. The quantitative estimate of drug-likeness (QED) is 0.725. The predicted octanol–water partition coefficient (Wildman–Crippen LogP) is 1.93. The number of hydrogen-bond acceptors (Lipinski definition) is 4. The molecule has 6 heteroatoms. The van der Waals surface area contributed by atoms with Crippen LogP contribution in [0, 0.1) is 0 Å². The van der Waals surface area contributed by atoms with Gasteiger partial charge in [-0.25, -0.2) is 9.50 Å². The van der Waals surface area contributed by atoms with Crippen molar-refractivity contribution in [3.63, 3.8) is 0 Å². The zero-order valence-electron chi connectivity index (χ0n) is 9.34. The predicted molar refractivity (Wildman–Crippen MR) is 67.9 cm³/mol. The minimum absolute atomic E-state index is 0.0182. The van der Waals surface area contributed by atoms with Gasteiger partial charge in [0.15, 0.2) is 11.4 Å². The topological polar surface area (TPSA) is 63.3 Å². The third-order valence-electron chi connectivity index (χ3n) is 3.02. The number of nitrogens with zero attached hydrogens (tertiary/aromatic N) is 2. The van der Waals surface area contributed by atoms with Crippen molar-refractivity contribution in [3.8, 4) is 11.5 Å². The second-order valence-corrected chi connectivity index (χ2v) is 5.24. The summed E-state index contributed by atoms with van der Waals surface area (Å²) in [5.74, 6) is 1.64. The molecule has 1 aliphatic rings. The van der Waals surface area contributed by atoms with Gasteiger partial charge < -0.3 is 4.42 Å². The Balaban J connectivity index is 2.02. The largest absolute Gasteiger partial charge is 0.463 e. The molecule has 1 N–H and O–H groups in total. The first-order chi connectivity index (χ1) is 8.83. The molecule has 4 heterocycles. The summed E-state index contributed by atoms with van der Waals surface area (Å²) in [6.07, 6.45) is 2.47. The number of aryl methyl sites for hydroxylation is 1. The monoisotopic (exact) mass is 259 g/mol. The van der Waals surface area contributed by atoms with E-state index >= 15 is 0 Å². The van der Waals surface area contributed by atoms with Crippen LogP contribution in [0.4, 0.5) is 0 Å². The minimum atomic E-state index is -0.0182. The molecule has 0 aromatic carbocycles. The molecule has 0 saturated heterocycles. The number of aromatic amines is 1. The maximum absolute atomic E-state index is 12.2. The maximum Gasteiger partial charge on any atom is 0.286 e. The second-order valence-electron chi connectivity index (χ2n) is 4.13. The lowest BCUT2D eigenvalue weighted by molar-refractivity contribution is 0.579. The summed E-state index contributed by atoms with van der Waals surface area (Å²) in [7, 11) is 0. The van der Waals surface area contributed by atoms with E-state index in [0.29, 0.717) is 11.4 Å². The summed E-state index contributed by atoms with van der Waals surface area (Å²) in [5, 5.41) is 3.03. The van der Waals surface area contributed by atoms with Crippen molar-refractivity contribution in [2.45, 2.75) is 11.3 Å². The fourth-order valence-electron chi connectivity index (χ4n) is 2.18. The van der Waals surface area contributed by atoms with Crippen molar-refractivity contribution in [1.82, 2.24) is 14.6 Å². The van der Waals surface area contributed by atoms with Crippen molar-refractivity contribution in [2.24, 2.45) is 0 Å². The Kier molecular flexibility index (Phi) is 1.96. The van der Waals surface area contributed by atoms with Gasteiger partial charge in [0.2, 0.25) is 0 Å². The minimum Gasteiger partial charge on any atom is -0.463 e. The third kappa shape index (κ3) is 1.29. The van der Waals surface area contributed by atoms with Crippen LogP contribution in [0.25, 0.3) is 17.1 Å². The average molecular weight is 259 g/mol. The fourth-order valence-corrected chi connectivity index (χ4v) is 3.21. The summed E-state index contributed by atoms with van der Waals surface area (Å²) in [6, 6.07) is 5.49. The average Bonchev–Trinajstić information content (AvgIpc) is 3.08. The van der Waals surface area contributed by atoms with Crippen molar-refractivity contribution in [1.29, 1.82) is 0 Å². The summed E-state index contributed by atoms with van der Waals surface area (Å²) >= 11 is 1.58. The van der Waals surface area contributed by atoms with Crippen LogP contribution in [-0.2, 0) is 6.42 Å². The molecule has 3 aromatic rings. The number of furan rings is 1. The number of thioether (sulfide) groups is 1. The first-order valence-electron chi connectivity index (χ1n) is 5.64. The third-order valence-corrected chi connectivity index (χ3v) is 4.12. The Bertz CT molecular complexity index is 786. The first kappa shape index (κ1) is 10.0. The standard InChI is InChI=1S/C12H9N3O2S/c16-12-11-7(3-5-18-11)13-10-6-8(14-15(10)12)9-2-1-4-17-9/h1-2,4,6,14H,3,5H2. The van der Waals surface area contributed by atoms with Gasteiger partial charge in [-0.05, 0) is 12.1 Å². The molecular formula is C12H9N3O2S. The highest BCUT2D eigenvalue weighted by molar-refractivity contribution is 7.99. The van der Waals surface area contributed by atoms with Gasteiger partial charge in [-0.15, -0.1) is 11.8 Å². The van der Waals surface area contributed by atoms with E-state index in [4.69, 9.17) is 4.42 Å². The van der Waals surface area contributed by atoms with Crippen molar-refractivity contribution >= 4 is 17.4 Å². The Morgan fingerprint density at radius 1 is 1.50 bits per heavy atom. The van der Waals surface area contributed by atoms with Crippen LogP contribution in [0.3, 0.4) is 0 Å². The van der Waals surface area contributed by atoms with Crippen LogP contribution >= 0.6 is 11.8 Å². The van der Waals surface area contributed by atoms with Gasteiger partial charge >= 0.3 is 0 Å². The second kappa shape index (κ2) is 3.52. The van der Waals surface area contributed by atoms with Gasteiger partial charge in [-0.1, -0.05) is 0 Å². The molecule has 0 amide bonds. The van der Waals surface area contributed by atoms with Crippen LogP contribution in [0.1, 0.15) is 5.69 Å². The Hall–Kier alpha value is -1.95. The summed E-state index contributed by atoms with van der Waals surface area (Å²) < 4.78 is 6.79. The smallest absolute Gasteiger partial charge is 0.286 e. The van der Waals surface area contributed by atoms with E-state index in [2.05, 4.69) is 10.1 Å². The number of fused-ring (bicyclic) bond motifs is 2. The normalized spacial score (nSPS) is 14.2. The van der Waals surface area contributed by atoms with E-state index in [1.807, 2.05) is 18.2 Å². The highest BCUT2D eigenvalue weighted by Crippen LogP contribution is 2.27. The summed E-state index contributed by atoms with van der Waals surface area (Å²) in [4.78, 5) is 17.5. The van der Waals surface area contributed by atoms with Crippen molar-refractivity contribution in [2.75, 3.05) is 5.75 Å². The van der Waals surface area contributed by atoms with Crippen LogP contribution in [0.15, 0.2) is 38.6 Å². The zero-order valence-corrected chi connectivity index (χ0v) is 10.2. The highest BCUT2D eigenvalue weighted by atomic mass is 32.2. The number of rotatable bonds is 1. The lowest BCUT2D eigenvalue weighted by atomic mass is 10.3. The van der Waals surface area contributed by atoms with Crippen LogP contribution < -0.4 is 5.56 Å². The number of nitrogens with one attached hydrogen (secondary N) is 1. The Labute approximate surface area is 106 Å². The molecule has 0 spiro atoms.